The van der Waals surface area contributed by atoms with Crippen LogP contribution in [0.4, 0.5) is 0 Å². The first kappa shape index (κ1) is 17.6. The largest absolute Gasteiger partial charge is 0.294 e. The topological polar surface area (TPSA) is 40.6 Å². The minimum atomic E-state index is -3.41. The molecule has 0 unspecified atom stereocenters. The van der Waals surface area contributed by atoms with Gasteiger partial charge in [-0.05, 0) is 36.8 Å². The molecule has 3 rings (SSSR count). The highest BCUT2D eigenvalue weighted by atomic mass is 79.9. The standard InChI is InChI=1S/C18H21BrN2O2S/c1-15(16-5-3-2-4-6-16)20-11-13-21(14-12-20)24(22,23)18-9-7-17(19)8-10-18/h2-10,15H,11-14H2,1H3/t15-/m1/s1. The molecule has 2 aromatic carbocycles. The van der Waals surface area contributed by atoms with E-state index in [-0.39, 0.29) is 0 Å². The van der Waals surface area contributed by atoms with Crippen LogP contribution in [0.25, 0.3) is 0 Å². The van der Waals surface area contributed by atoms with Crippen LogP contribution in [-0.4, -0.2) is 43.8 Å². The first-order chi connectivity index (χ1) is 11.5. The van der Waals surface area contributed by atoms with E-state index in [1.165, 1.54) is 5.56 Å². The molecule has 1 aliphatic rings. The van der Waals surface area contributed by atoms with Gasteiger partial charge < -0.3 is 0 Å². The zero-order valence-corrected chi connectivity index (χ0v) is 16.0. The Morgan fingerprint density at radius 2 is 1.50 bits per heavy atom. The molecule has 0 bridgehead atoms. The molecular weight excluding hydrogens is 388 g/mol. The maximum absolute atomic E-state index is 12.7. The van der Waals surface area contributed by atoms with E-state index in [4.69, 9.17) is 0 Å². The average Bonchev–Trinajstić information content (AvgIpc) is 2.62. The van der Waals surface area contributed by atoms with Crippen molar-refractivity contribution in [3.63, 3.8) is 0 Å². The average molecular weight is 409 g/mol. The van der Waals surface area contributed by atoms with Crippen LogP contribution in [0, 0.1) is 0 Å². The second-order valence-electron chi connectivity index (χ2n) is 5.98. The Kier molecular flexibility index (Phi) is 5.39. The lowest BCUT2D eigenvalue weighted by Crippen LogP contribution is -2.49. The van der Waals surface area contributed by atoms with E-state index in [1.807, 2.05) is 18.2 Å². The molecule has 0 aromatic heterocycles. The van der Waals surface area contributed by atoms with Crippen molar-refractivity contribution in [2.24, 2.45) is 0 Å². The molecule has 1 atom stereocenters. The van der Waals surface area contributed by atoms with Crippen molar-refractivity contribution < 1.29 is 8.42 Å². The fraction of sp³-hybridized carbons (Fsp3) is 0.333. The minimum absolute atomic E-state index is 0.295. The lowest BCUT2D eigenvalue weighted by atomic mass is 10.1. The van der Waals surface area contributed by atoms with Crippen LogP contribution < -0.4 is 0 Å². The second-order valence-corrected chi connectivity index (χ2v) is 8.83. The number of sulfonamides is 1. The van der Waals surface area contributed by atoms with Crippen LogP contribution in [-0.2, 0) is 10.0 Å². The van der Waals surface area contributed by atoms with Crippen LogP contribution in [0.2, 0.25) is 0 Å². The summed E-state index contributed by atoms with van der Waals surface area (Å²) in [5.41, 5.74) is 1.27. The summed E-state index contributed by atoms with van der Waals surface area (Å²) in [6.45, 7) is 4.71. The monoisotopic (exact) mass is 408 g/mol. The highest BCUT2D eigenvalue weighted by molar-refractivity contribution is 9.10. The lowest BCUT2D eigenvalue weighted by Gasteiger charge is -2.37. The number of nitrogens with zero attached hydrogens (tertiary/aromatic N) is 2. The highest BCUT2D eigenvalue weighted by Gasteiger charge is 2.30. The lowest BCUT2D eigenvalue weighted by molar-refractivity contribution is 0.146. The smallest absolute Gasteiger partial charge is 0.243 e. The van der Waals surface area contributed by atoms with Crippen LogP contribution in [0.15, 0.2) is 64.0 Å². The summed E-state index contributed by atoms with van der Waals surface area (Å²) in [6, 6.07) is 17.5. The van der Waals surface area contributed by atoms with E-state index in [2.05, 4.69) is 39.9 Å². The molecule has 0 saturated carbocycles. The molecule has 1 saturated heterocycles. The SMILES string of the molecule is C[C@H](c1ccccc1)N1CCN(S(=O)(=O)c2ccc(Br)cc2)CC1. The normalized spacial score (nSPS) is 18.4. The molecule has 0 spiro atoms. The number of halogens is 1. The van der Waals surface area contributed by atoms with Gasteiger partial charge in [0.25, 0.3) is 0 Å². The molecule has 1 heterocycles. The third-order valence-electron chi connectivity index (χ3n) is 4.55. The maximum atomic E-state index is 12.7. The predicted molar refractivity (Wildman–Crippen MR) is 99.3 cm³/mol. The van der Waals surface area contributed by atoms with Crippen molar-refractivity contribution in [3.8, 4) is 0 Å². The molecular formula is C18H21BrN2O2S. The summed E-state index contributed by atoms with van der Waals surface area (Å²) in [7, 11) is -3.41. The van der Waals surface area contributed by atoms with Crippen molar-refractivity contribution >= 4 is 26.0 Å². The Hall–Kier alpha value is -1.21. The molecule has 128 valence electrons. The molecule has 4 nitrogen and oxygen atoms in total. The summed E-state index contributed by atoms with van der Waals surface area (Å²) in [5.74, 6) is 0. The molecule has 0 N–H and O–H groups in total. The van der Waals surface area contributed by atoms with Gasteiger partial charge in [-0.25, -0.2) is 8.42 Å². The molecule has 6 heteroatoms. The van der Waals surface area contributed by atoms with Gasteiger partial charge in [0.1, 0.15) is 0 Å². The molecule has 0 aliphatic carbocycles. The zero-order valence-electron chi connectivity index (χ0n) is 13.6. The first-order valence-corrected chi connectivity index (χ1v) is 10.3. The van der Waals surface area contributed by atoms with Crippen molar-refractivity contribution in [1.82, 2.24) is 9.21 Å². The number of rotatable bonds is 4. The molecule has 0 radical (unpaired) electrons. The Morgan fingerprint density at radius 3 is 2.08 bits per heavy atom. The second kappa shape index (κ2) is 7.35. The van der Waals surface area contributed by atoms with Gasteiger partial charge in [0.2, 0.25) is 10.0 Å². The van der Waals surface area contributed by atoms with Crippen molar-refractivity contribution in [2.75, 3.05) is 26.2 Å². The summed E-state index contributed by atoms with van der Waals surface area (Å²) >= 11 is 3.34. The summed E-state index contributed by atoms with van der Waals surface area (Å²) in [6.07, 6.45) is 0. The molecule has 1 aliphatic heterocycles. The summed E-state index contributed by atoms with van der Waals surface area (Å²) < 4.78 is 27.9. The van der Waals surface area contributed by atoms with E-state index in [0.29, 0.717) is 24.0 Å². The van der Waals surface area contributed by atoms with Crippen LogP contribution in [0.1, 0.15) is 18.5 Å². The Bertz CT molecular complexity index is 770. The summed E-state index contributed by atoms with van der Waals surface area (Å²) in [5, 5.41) is 0. The van der Waals surface area contributed by atoms with E-state index in [1.54, 1.807) is 28.6 Å². The van der Waals surface area contributed by atoms with Crippen molar-refractivity contribution in [2.45, 2.75) is 17.9 Å². The van der Waals surface area contributed by atoms with E-state index in [9.17, 15) is 8.42 Å². The Balaban J connectivity index is 1.67. The first-order valence-electron chi connectivity index (χ1n) is 8.03. The van der Waals surface area contributed by atoms with Gasteiger partial charge in [-0.15, -0.1) is 0 Å². The highest BCUT2D eigenvalue weighted by Crippen LogP contribution is 2.24. The molecule has 0 amide bonds. The van der Waals surface area contributed by atoms with E-state index >= 15 is 0 Å². The fourth-order valence-corrected chi connectivity index (χ4v) is 4.72. The number of piperazine rings is 1. The Labute approximate surface area is 152 Å². The zero-order chi connectivity index (χ0) is 17.2. The molecule has 1 fully saturated rings. The van der Waals surface area contributed by atoms with E-state index in [0.717, 1.165) is 17.6 Å². The fourth-order valence-electron chi connectivity index (χ4n) is 3.03. The van der Waals surface area contributed by atoms with E-state index < -0.39 is 10.0 Å². The van der Waals surface area contributed by atoms with Gasteiger partial charge >= 0.3 is 0 Å². The minimum Gasteiger partial charge on any atom is -0.294 e. The van der Waals surface area contributed by atoms with Gasteiger partial charge in [-0.1, -0.05) is 46.3 Å². The number of hydrogen-bond acceptors (Lipinski definition) is 3. The van der Waals surface area contributed by atoms with Gasteiger partial charge in [0.05, 0.1) is 4.90 Å². The van der Waals surface area contributed by atoms with Gasteiger partial charge in [-0.3, -0.25) is 4.90 Å². The number of hydrogen-bond donors (Lipinski definition) is 0. The van der Waals surface area contributed by atoms with Crippen LogP contribution >= 0.6 is 15.9 Å². The van der Waals surface area contributed by atoms with Crippen LogP contribution in [0.3, 0.4) is 0 Å². The predicted octanol–water partition coefficient (Wildman–Crippen LogP) is 3.52. The van der Waals surface area contributed by atoms with Crippen molar-refractivity contribution in [1.29, 1.82) is 0 Å². The van der Waals surface area contributed by atoms with Gasteiger partial charge in [0.15, 0.2) is 0 Å². The molecule has 2 aromatic rings. The number of benzene rings is 2. The molecule has 24 heavy (non-hydrogen) atoms. The third-order valence-corrected chi connectivity index (χ3v) is 7.00. The van der Waals surface area contributed by atoms with Gasteiger partial charge in [-0.2, -0.15) is 4.31 Å². The van der Waals surface area contributed by atoms with Gasteiger partial charge in [0, 0.05) is 36.7 Å². The van der Waals surface area contributed by atoms with Crippen molar-refractivity contribution in [3.05, 3.63) is 64.6 Å². The van der Waals surface area contributed by atoms with Crippen LogP contribution in [0.5, 0.6) is 0 Å². The Morgan fingerprint density at radius 1 is 0.917 bits per heavy atom. The maximum Gasteiger partial charge on any atom is 0.243 e. The quantitative estimate of drug-likeness (QED) is 0.776. The third kappa shape index (κ3) is 3.72. The summed E-state index contributed by atoms with van der Waals surface area (Å²) in [4.78, 5) is 2.69.